The van der Waals surface area contributed by atoms with E-state index >= 15 is 0 Å². The van der Waals surface area contributed by atoms with E-state index in [0.29, 0.717) is 29.8 Å². The Bertz CT molecular complexity index is 863. The van der Waals surface area contributed by atoms with E-state index in [2.05, 4.69) is 23.3 Å². The van der Waals surface area contributed by atoms with Crippen molar-refractivity contribution in [1.82, 2.24) is 4.31 Å². The van der Waals surface area contributed by atoms with Crippen molar-refractivity contribution in [2.75, 3.05) is 25.0 Å². The number of thiophene rings is 1. The summed E-state index contributed by atoms with van der Waals surface area (Å²) in [6.45, 7) is 3.64. The van der Waals surface area contributed by atoms with Crippen molar-refractivity contribution in [3.05, 3.63) is 47.3 Å². The first kappa shape index (κ1) is 18.9. The molecule has 3 rings (SSSR count). The molecule has 1 unspecified atom stereocenters. The Morgan fingerprint density at radius 1 is 1.38 bits per heavy atom. The van der Waals surface area contributed by atoms with Crippen LogP contribution in [0.5, 0.6) is 0 Å². The Morgan fingerprint density at radius 3 is 2.96 bits per heavy atom. The minimum atomic E-state index is -3.37. The molecule has 1 aliphatic rings. The van der Waals surface area contributed by atoms with Crippen LogP contribution >= 0.6 is 11.3 Å². The van der Waals surface area contributed by atoms with Crippen molar-refractivity contribution >= 4 is 33.0 Å². The van der Waals surface area contributed by atoms with Gasteiger partial charge in [-0.3, -0.25) is 4.99 Å². The number of guanidine groups is 1. The summed E-state index contributed by atoms with van der Waals surface area (Å²) in [5.74, 6) is 0.546. The molecule has 3 N–H and O–H groups in total. The van der Waals surface area contributed by atoms with Gasteiger partial charge in [-0.1, -0.05) is 25.1 Å². The van der Waals surface area contributed by atoms with Crippen molar-refractivity contribution < 1.29 is 8.42 Å². The van der Waals surface area contributed by atoms with Gasteiger partial charge in [0.25, 0.3) is 10.0 Å². The summed E-state index contributed by atoms with van der Waals surface area (Å²) in [5, 5.41) is 4.88. The number of anilines is 1. The molecule has 0 spiro atoms. The molecule has 1 aliphatic heterocycles. The Kier molecular flexibility index (Phi) is 5.95. The molecule has 1 aromatic heterocycles. The topological polar surface area (TPSA) is 87.8 Å². The standard InChI is InChI=1S/C18H24N4O2S2/c1-2-14-5-3-6-16(11-14)21-18(19)20-12-15-8-9-22(13-15)26(23,24)17-7-4-10-25-17/h3-7,10-11,15H,2,8-9,12-13H2,1H3,(H3,19,20,21). The molecule has 1 fully saturated rings. The van der Waals surface area contributed by atoms with Crippen LogP contribution in [0.2, 0.25) is 0 Å². The first-order chi connectivity index (χ1) is 12.5. The van der Waals surface area contributed by atoms with Crippen LogP contribution in [0, 0.1) is 5.92 Å². The minimum absolute atomic E-state index is 0.187. The molecular weight excluding hydrogens is 368 g/mol. The lowest BCUT2D eigenvalue weighted by Crippen LogP contribution is -2.29. The highest BCUT2D eigenvalue weighted by Gasteiger charge is 2.32. The monoisotopic (exact) mass is 392 g/mol. The summed E-state index contributed by atoms with van der Waals surface area (Å²) in [6.07, 6.45) is 1.76. The van der Waals surface area contributed by atoms with Gasteiger partial charge in [0.1, 0.15) is 4.21 Å². The fourth-order valence-corrected chi connectivity index (χ4v) is 5.66. The zero-order chi connectivity index (χ0) is 18.6. The van der Waals surface area contributed by atoms with E-state index in [9.17, 15) is 8.42 Å². The molecule has 0 bridgehead atoms. The molecule has 6 nitrogen and oxygen atoms in total. The maximum Gasteiger partial charge on any atom is 0.252 e. The lowest BCUT2D eigenvalue weighted by molar-refractivity contribution is 0.461. The van der Waals surface area contributed by atoms with E-state index in [4.69, 9.17) is 5.73 Å². The van der Waals surface area contributed by atoms with Crippen LogP contribution in [-0.2, 0) is 16.4 Å². The molecule has 1 aromatic carbocycles. The average molecular weight is 393 g/mol. The average Bonchev–Trinajstić information content (AvgIpc) is 3.32. The van der Waals surface area contributed by atoms with Crippen LogP contribution in [0.4, 0.5) is 5.69 Å². The number of hydrogen-bond donors (Lipinski definition) is 2. The van der Waals surface area contributed by atoms with Gasteiger partial charge in [0.2, 0.25) is 0 Å². The smallest absolute Gasteiger partial charge is 0.252 e. The van der Waals surface area contributed by atoms with Gasteiger partial charge in [-0.25, -0.2) is 8.42 Å². The zero-order valence-electron chi connectivity index (χ0n) is 14.8. The van der Waals surface area contributed by atoms with Gasteiger partial charge >= 0.3 is 0 Å². The van der Waals surface area contributed by atoms with E-state index < -0.39 is 10.0 Å². The number of rotatable bonds is 6. The van der Waals surface area contributed by atoms with E-state index in [1.165, 1.54) is 16.9 Å². The molecule has 0 saturated carbocycles. The highest BCUT2D eigenvalue weighted by Crippen LogP contribution is 2.27. The van der Waals surface area contributed by atoms with Crippen molar-refractivity contribution in [2.45, 2.75) is 24.0 Å². The predicted molar refractivity (Wildman–Crippen MR) is 107 cm³/mol. The van der Waals surface area contributed by atoms with E-state index in [1.807, 2.05) is 18.2 Å². The summed E-state index contributed by atoms with van der Waals surface area (Å²) in [5.41, 5.74) is 8.13. The second kappa shape index (κ2) is 8.20. The fourth-order valence-electron chi connectivity index (χ4n) is 2.99. The van der Waals surface area contributed by atoms with Crippen LogP contribution in [-0.4, -0.2) is 38.3 Å². The van der Waals surface area contributed by atoms with Gasteiger partial charge in [0.15, 0.2) is 5.96 Å². The number of nitrogens with one attached hydrogen (secondary N) is 1. The van der Waals surface area contributed by atoms with Crippen molar-refractivity contribution in [2.24, 2.45) is 16.6 Å². The predicted octanol–water partition coefficient (Wildman–Crippen LogP) is 2.75. The number of benzene rings is 1. The van der Waals surface area contributed by atoms with Gasteiger partial charge in [-0.05, 0) is 47.9 Å². The lowest BCUT2D eigenvalue weighted by Gasteiger charge is -2.15. The Balaban J connectivity index is 1.56. The SMILES string of the molecule is CCc1cccc(NC(N)=NCC2CCN(S(=O)(=O)c3cccs3)C2)c1. The lowest BCUT2D eigenvalue weighted by atomic mass is 10.1. The first-order valence-electron chi connectivity index (χ1n) is 8.68. The largest absolute Gasteiger partial charge is 0.370 e. The Labute approximate surface area is 158 Å². The molecule has 0 amide bonds. The molecule has 2 heterocycles. The molecule has 0 aliphatic carbocycles. The number of aryl methyl sites for hydroxylation is 1. The summed E-state index contributed by atoms with van der Waals surface area (Å²) in [4.78, 5) is 4.40. The number of sulfonamides is 1. The van der Waals surface area contributed by atoms with Gasteiger partial charge in [0.05, 0.1) is 0 Å². The maximum absolute atomic E-state index is 12.5. The molecule has 1 atom stereocenters. The number of nitrogens with two attached hydrogens (primary N) is 1. The quantitative estimate of drug-likeness (QED) is 0.584. The van der Waals surface area contributed by atoms with Crippen molar-refractivity contribution in [3.8, 4) is 0 Å². The number of aliphatic imine (C=N–C) groups is 1. The summed E-state index contributed by atoms with van der Waals surface area (Å²) < 4.78 is 27.0. The molecule has 0 radical (unpaired) electrons. The first-order valence-corrected chi connectivity index (χ1v) is 11.0. The second-order valence-electron chi connectivity index (χ2n) is 6.35. The number of hydrogen-bond acceptors (Lipinski definition) is 4. The van der Waals surface area contributed by atoms with Crippen LogP contribution < -0.4 is 11.1 Å². The highest BCUT2D eigenvalue weighted by atomic mass is 32.2. The van der Waals surface area contributed by atoms with Gasteiger partial charge in [-0.15, -0.1) is 11.3 Å². The summed E-state index contributed by atoms with van der Waals surface area (Å²) >= 11 is 1.25. The third-order valence-electron chi connectivity index (χ3n) is 4.47. The maximum atomic E-state index is 12.5. The molecule has 1 saturated heterocycles. The third-order valence-corrected chi connectivity index (χ3v) is 7.70. The van der Waals surface area contributed by atoms with Crippen molar-refractivity contribution in [1.29, 1.82) is 0 Å². The van der Waals surface area contributed by atoms with E-state index in [1.54, 1.807) is 21.8 Å². The zero-order valence-corrected chi connectivity index (χ0v) is 16.4. The minimum Gasteiger partial charge on any atom is -0.370 e. The molecule has 8 heteroatoms. The Hall–Kier alpha value is -1.90. The normalized spacial score (nSPS) is 19.0. The van der Waals surface area contributed by atoms with Gasteiger partial charge < -0.3 is 11.1 Å². The van der Waals surface area contributed by atoms with Crippen molar-refractivity contribution in [3.63, 3.8) is 0 Å². The second-order valence-corrected chi connectivity index (χ2v) is 9.47. The third kappa shape index (κ3) is 4.44. The fraction of sp³-hybridized carbons (Fsp3) is 0.389. The number of nitrogens with zero attached hydrogens (tertiary/aromatic N) is 2. The highest BCUT2D eigenvalue weighted by molar-refractivity contribution is 7.91. The van der Waals surface area contributed by atoms with Gasteiger partial charge in [0, 0.05) is 25.3 Å². The molecule has 2 aromatic rings. The van der Waals surface area contributed by atoms with Crippen LogP contribution in [0.3, 0.4) is 0 Å². The van der Waals surface area contributed by atoms with Crippen LogP contribution in [0.25, 0.3) is 0 Å². The van der Waals surface area contributed by atoms with E-state index in [0.717, 1.165) is 18.5 Å². The molecule has 26 heavy (non-hydrogen) atoms. The van der Waals surface area contributed by atoms with Crippen LogP contribution in [0.15, 0.2) is 51.0 Å². The Morgan fingerprint density at radius 2 is 2.23 bits per heavy atom. The van der Waals surface area contributed by atoms with E-state index in [-0.39, 0.29) is 5.92 Å². The van der Waals surface area contributed by atoms with Gasteiger partial charge in [-0.2, -0.15) is 4.31 Å². The summed E-state index contributed by atoms with van der Waals surface area (Å²) in [7, 11) is -3.37. The molecule has 140 valence electrons. The van der Waals surface area contributed by atoms with Crippen LogP contribution in [0.1, 0.15) is 18.9 Å². The molecular formula is C18H24N4O2S2. The summed E-state index contributed by atoms with van der Waals surface area (Å²) in [6, 6.07) is 11.5.